The van der Waals surface area contributed by atoms with Crippen molar-refractivity contribution in [3.8, 4) is 0 Å². The molecule has 16 heavy (non-hydrogen) atoms. The van der Waals surface area contributed by atoms with E-state index in [1.165, 1.54) is 12.1 Å². The van der Waals surface area contributed by atoms with Crippen molar-refractivity contribution in [1.82, 2.24) is 0 Å². The van der Waals surface area contributed by atoms with E-state index in [1.807, 2.05) is 6.92 Å². The average molecular weight is 272 g/mol. The van der Waals surface area contributed by atoms with Crippen LogP contribution in [0.15, 0.2) is 29.2 Å². The van der Waals surface area contributed by atoms with E-state index in [4.69, 9.17) is 19.6 Å². The molecule has 0 radical (unpaired) electrons. The fourth-order valence-electron chi connectivity index (χ4n) is 0.710. The van der Waals surface area contributed by atoms with Crippen LogP contribution in [0.3, 0.4) is 0 Å². The quantitative estimate of drug-likeness (QED) is 0.486. The summed E-state index contributed by atoms with van der Waals surface area (Å²) in [6, 6.07) is 5.99. The molecule has 0 amide bonds. The zero-order valence-electron chi connectivity index (χ0n) is 8.41. The Kier molecular flexibility index (Phi) is 8.86. The molecule has 1 aromatic rings. The van der Waals surface area contributed by atoms with Crippen LogP contribution in [-0.4, -0.2) is 56.9 Å². The molecule has 0 aliphatic rings. The molecule has 0 unspecified atom stereocenters. The molecule has 1 N–H and O–H groups in total. The fraction of sp³-hybridized carbons (Fsp3) is 0.125. The molecule has 0 aliphatic carbocycles. The van der Waals surface area contributed by atoms with Crippen molar-refractivity contribution in [1.29, 1.82) is 0 Å². The summed E-state index contributed by atoms with van der Waals surface area (Å²) in [5.41, 5.74) is 0.956. The molecule has 84 valence electrons. The molecule has 0 fully saturated rings. The van der Waals surface area contributed by atoms with Crippen molar-refractivity contribution >= 4 is 54.0 Å². The molecular formula is C8H8CaO6S. The van der Waals surface area contributed by atoms with E-state index in [0.717, 1.165) is 5.56 Å². The van der Waals surface area contributed by atoms with Crippen LogP contribution in [0.2, 0.25) is 0 Å². The van der Waals surface area contributed by atoms with Crippen LogP contribution in [0.1, 0.15) is 5.56 Å². The first kappa shape index (κ1) is 18.0. The molecule has 0 heterocycles. The summed E-state index contributed by atoms with van der Waals surface area (Å²) in [6.07, 6.45) is -2.33. The number of carboxylic acid groups (broad SMARTS) is 2. The second-order valence-corrected chi connectivity index (χ2v) is 3.96. The molecular weight excluding hydrogens is 264 g/mol. The summed E-state index contributed by atoms with van der Waals surface area (Å²) in [5.74, 6) is 0. The molecule has 1 aromatic carbocycles. The first-order valence-electron chi connectivity index (χ1n) is 3.65. The second-order valence-electron chi connectivity index (χ2n) is 2.54. The van der Waals surface area contributed by atoms with Gasteiger partial charge in [0.1, 0.15) is 0 Å². The van der Waals surface area contributed by atoms with Crippen molar-refractivity contribution in [2.24, 2.45) is 0 Å². The maximum Gasteiger partial charge on any atom is 2.00 e. The predicted molar refractivity (Wildman–Crippen MR) is 52.1 cm³/mol. The molecule has 0 saturated heterocycles. The standard InChI is InChI=1S/C7H8O3S.CH2O3.Ca/c1-6-2-4-7(5-3-6)11(8,9)10;2-1(3)4;/h2-5H,1H3,(H,8,9,10);(H2,2,3,4);/q;;+2/p-2. The minimum atomic E-state index is -4.02. The number of hydrogen-bond acceptors (Lipinski definition) is 5. The Balaban J connectivity index is 0. The molecule has 0 atom stereocenters. The molecule has 1 rings (SSSR count). The zero-order valence-corrected chi connectivity index (χ0v) is 11.4. The van der Waals surface area contributed by atoms with Gasteiger partial charge < -0.3 is 15.0 Å². The summed E-state index contributed by atoms with van der Waals surface area (Å²) in [6.45, 7) is 1.84. The van der Waals surface area contributed by atoms with E-state index < -0.39 is 16.3 Å². The normalized spacial score (nSPS) is 9.38. The molecule has 0 saturated carbocycles. The van der Waals surface area contributed by atoms with Gasteiger partial charge in [-0.15, -0.1) is 0 Å². The van der Waals surface area contributed by atoms with Gasteiger partial charge in [0, 0.05) is 0 Å². The van der Waals surface area contributed by atoms with Crippen LogP contribution in [-0.2, 0) is 10.1 Å². The van der Waals surface area contributed by atoms with E-state index in [0.29, 0.717) is 0 Å². The van der Waals surface area contributed by atoms with Gasteiger partial charge in [0.05, 0.1) is 4.90 Å². The Morgan fingerprint density at radius 3 is 1.75 bits per heavy atom. The van der Waals surface area contributed by atoms with Gasteiger partial charge in [-0.2, -0.15) is 8.42 Å². The third-order valence-corrected chi connectivity index (χ3v) is 2.19. The molecule has 0 aromatic heterocycles. The van der Waals surface area contributed by atoms with Gasteiger partial charge in [0.15, 0.2) is 0 Å². The zero-order chi connectivity index (χ0) is 12.1. The van der Waals surface area contributed by atoms with Crippen molar-refractivity contribution in [2.75, 3.05) is 0 Å². The van der Waals surface area contributed by atoms with Crippen LogP contribution in [0.5, 0.6) is 0 Å². The predicted octanol–water partition coefficient (Wildman–Crippen LogP) is -1.59. The largest absolute Gasteiger partial charge is 2.00 e. The molecule has 0 aliphatic heterocycles. The SMILES string of the molecule is Cc1ccc(S(=O)(=O)O)cc1.O=C([O-])[O-].[Ca+2]. The van der Waals surface area contributed by atoms with E-state index in [-0.39, 0.29) is 42.6 Å². The Labute approximate surface area is 123 Å². The average Bonchev–Trinajstić information content (AvgIpc) is 2.01. The van der Waals surface area contributed by atoms with Crippen LogP contribution in [0.25, 0.3) is 0 Å². The topological polar surface area (TPSA) is 118 Å². The maximum atomic E-state index is 10.5. The first-order valence-corrected chi connectivity index (χ1v) is 5.09. The molecule has 0 bridgehead atoms. The fourth-order valence-corrected chi connectivity index (χ4v) is 1.19. The summed E-state index contributed by atoms with van der Waals surface area (Å²) in [5, 5.41) is 16.7. The monoisotopic (exact) mass is 272 g/mol. The van der Waals surface area contributed by atoms with Crippen LogP contribution >= 0.6 is 0 Å². The van der Waals surface area contributed by atoms with Gasteiger partial charge in [-0.05, 0) is 25.2 Å². The van der Waals surface area contributed by atoms with Crippen LogP contribution < -0.4 is 10.2 Å². The van der Waals surface area contributed by atoms with Gasteiger partial charge in [0.2, 0.25) is 0 Å². The van der Waals surface area contributed by atoms with E-state index >= 15 is 0 Å². The minimum absolute atomic E-state index is 0. The smallest absolute Gasteiger partial charge is 0.652 e. The summed E-state index contributed by atoms with van der Waals surface area (Å²) >= 11 is 0. The van der Waals surface area contributed by atoms with Crippen molar-refractivity contribution in [2.45, 2.75) is 11.8 Å². The third-order valence-electron chi connectivity index (χ3n) is 1.32. The summed E-state index contributed by atoms with van der Waals surface area (Å²) in [4.78, 5) is 8.27. The third kappa shape index (κ3) is 8.93. The van der Waals surface area contributed by atoms with E-state index in [9.17, 15) is 8.42 Å². The van der Waals surface area contributed by atoms with Gasteiger partial charge in [0.25, 0.3) is 10.1 Å². The molecule has 6 nitrogen and oxygen atoms in total. The van der Waals surface area contributed by atoms with E-state index in [2.05, 4.69) is 0 Å². The Bertz CT molecular complexity index is 420. The number of aryl methyl sites for hydroxylation is 1. The van der Waals surface area contributed by atoms with Crippen molar-refractivity contribution < 1.29 is 28.0 Å². The van der Waals surface area contributed by atoms with Crippen molar-refractivity contribution in [3.63, 3.8) is 0 Å². The summed E-state index contributed by atoms with van der Waals surface area (Å²) < 4.78 is 29.6. The molecule has 8 heteroatoms. The van der Waals surface area contributed by atoms with Crippen LogP contribution in [0.4, 0.5) is 4.79 Å². The Hall–Kier alpha value is -0.340. The van der Waals surface area contributed by atoms with Gasteiger partial charge in [-0.3, -0.25) is 4.55 Å². The molecule has 0 spiro atoms. The van der Waals surface area contributed by atoms with Crippen LogP contribution in [0, 0.1) is 6.92 Å². The number of carbonyl (C=O) groups excluding carboxylic acids is 1. The number of rotatable bonds is 1. The van der Waals surface area contributed by atoms with Gasteiger partial charge >= 0.3 is 37.7 Å². The number of hydrogen-bond donors (Lipinski definition) is 1. The van der Waals surface area contributed by atoms with Crippen molar-refractivity contribution in [3.05, 3.63) is 29.8 Å². The Morgan fingerprint density at radius 1 is 1.19 bits per heavy atom. The van der Waals surface area contributed by atoms with E-state index in [1.54, 1.807) is 12.1 Å². The first-order chi connectivity index (χ1) is 6.73. The van der Waals surface area contributed by atoms with Gasteiger partial charge in [-0.25, -0.2) is 0 Å². The maximum absolute atomic E-state index is 10.5. The second kappa shape index (κ2) is 7.86. The minimum Gasteiger partial charge on any atom is -0.652 e. The number of benzene rings is 1. The Morgan fingerprint density at radius 2 is 1.50 bits per heavy atom. The van der Waals surface area contributed by atoms with Gasteiger partial charge in [-0.1, -0.05) is 17.7 Å². The number of carbonyl (C=O) groups is 1. The summed E-state index contributed by atoms with van der Waals surface area (Å²) in [7, 11) is -4.02.